The molecule has 1 N–H and O–H groups in total. The van der Waals surface area contributed by atoms with Gasteiger partial charge in [-0.25, -0.2) is 4.98 Å². The predicted molar refractivity (Wildman–Crippen MR) is 119 cm³/mol. The summed E-state index contributed by atoms with van der Waals surface area (Å²) in [5, 5.41) is 10.2. The van der Waals surface area contributed by atoms with Gasteiger partial charge in [0.15, 0.2) is 11.5 Å². The maximum absolute atomic E-state index is 12.4. The van der Waals surface area contributed by atoms with E-state index in [1.807, 2.05) is 67.0 Å². The standard InChI is InChI=1S/C23H20N4O3S/c1-27-21(25-22(28)10-7-15-5-3-2-4-6-15)12-17(26-27)23-24-18(13-31-23)16-8-9-19-20(11-16)30-14-29-19/h2-6,8-9,11-13H,7,10,14H2,1H3,(H,25,28). The highest BCUT2D eigenvalue weighted by atomic mass is 32.1. The minimum absolute atomic E-state index is 0.0430. The first-order chi connectivity index (χ1) is 15.2. The summed E-state index contributed by atoms with van der Waals surface area (Å²) in [7, 11) is 1.81. The molecule has 0 saturated carbocycles. The lowest BCUT2D eigenvalue weighted by atomic mass is 10.1. The van der Waals surface area contributed by atoms with Gasteiger partial charge in [-0.2, -0.15) is 5.10 Å². The monoisotopic (exact) mass is 432 g/mol. The molecule has 0 aliphatic carbocycles. The van der Waals surface area contributed by atoms with E-state index in [1.54, 1.807) is 4.68 Å². The summed E-state index contributed by atoms with van der Waals surface area (Å²) in [5.74, 6) is 2.08. The number of hydrogen-bond acceptors (Lipinski definition) is 6. The Balaban J connectivity index is 1.28. The van der Waals surface area contributed by atoms with Gasteiger partial charge in [-0.05, 0) is 30.2 Å². The Morgan fingerprint density at radius 3 is 2.81 bits per heavy atom. The predicted octanol–water partition coefficient (Wildman–Crippen LogP) is 4.51. The normalized spacial score (nSPS) is 12.2. The van der Waals surface area contributed by atoms with Crippen LogP contribution in [0.25, 0.3) is 22.0 Å². The molecule has 0 radical (unpaired) electrons. The van der Waals surface area contributed by atoms with Crippen LogP contribution in [0.3, 0.4) is 0 Å². The topological polar surface area (TPSA) is 78.3 Å². The molecule has 1 aliphatic rings. The number of nitrogens with zero attached hydrogens (tertiary/aromatic N) is 3. The molecule has 0 bridgehead atoms. The first-order valence-corrected chi connectivity index (χ1v) is 10.8. The van der Waals surface area contributed by atoms with Crippen molar-refractivity contribution in [3.05, 3.63) is 65.5 Å². The van der Waals surface area contributed by atoms with Gasteiger partial charge in [0.05, 0.1) is 5.69 Å². The number of aromatic nitrogens is 3. The van der Waals surface area contributed by atoms with Gasteiger partial charge >= 0.3 is 0 Å². The van der Waals surface area contributed by atoms with Crippen LogP contribution >= 0.6 is 11.3 Å². The Labute approximate surface area is 183 Å². The van der Waals surface area contributed by atoms with Gasteiger partial charge in [0.25, 0.3) is 0 Å². The minimum atomic E-state index is -0.0430. The fourth-order valence-electron chi connectivity index (χ4n) is 3.38. The molecular formula is C23H20N4O3S. The molecule has 1 amide bonds. The second kappa shape index (κ2) is 8.23. The molecule has 8 heteroatoms. The molecule has 156 valence electrons. The van der Waals surface area contributed by atoms with Crippen LogP contribution in [-0.2, 0) is 18.3 Å². The SMILES string of the molecule is Cn1nc(-c2nc(-c3ccc4c(c3)OCO4)cs2)cc1NC(=O)CCc1ccccc1. The lowest BCUT2D eigenvalue weighted by Gasteiger charge is -2.05. The summed E-state index contributed by atoms with van der Waals surface area (Å²) in [6.45, 7) is 0.245. The van der Waals surface area contributed by atoms with Gasteiger partial charge in [0.1, 0.15) is 16.5 Å². The molecule has 0 saturated heterocycles. The molecule has 0 unspecified atom stereocenters. The number of nitrogens with one attached hydrogen (secondary N) is 1. The highest BCUT2D eigenvalue weighted by molar-refractivity contribution is 7.13. The Bertz CT molecular complexity index is 1230. The summed E-state index contributed by atoms with van der Waals surface area (Å²) < 4.78 is 12.5. The minimum Gasteiger partial charge on any atom is -0.454 e. The lowest BCUT2D eigenvalue weighted by molar-refractivity contribution is -0.116. The highest BCUT2D eigenvalue weighted by Gasteiger charge is 2.17. The number of carbonyl (C=O) groups is 1. The summed E-state index contributed by atoms with van der Waals surface area (Å²) in [4.78, 5) is 17.1. The van der Waals surface area contributed by atoms with E-state index in [2.05, 4.69) is 10.4 Å². The Kier molecular flexibility index (Phi) is 5.13. The first-order valence-electron chi connectivity index (χ1n) is 9.89. The number of benzene rings is 2. The van der Waals surface area contributed by atoms with E-state index in [4.69, 9.17) is 14.5 Å². The van der Waals surface area contributed by atoms with Crippen molar-refractivity contribution in [2.75, 3.05) is 12.1 Å². The van der Waals surface area contributed by atoms with Crippen molar-refractivity contribution in [3.63, 3.8) is 0 Å². The number of fused-ring (bicyclic) bond motifs is 1. The van der Waals surface area contributed by atoms with Gasteiger partial charge in [0.2, 0.25) is 12.7 Å². The Hall–Kier alpha value is -3.65. The van der Waals surface area contributed by atoms with Crippen LogP contribution < -0.4 is 14.8 Å². The molecule has 3 heterocycles. The molecule has 0 fully saturated rings. The van der Waals surface area contributed by atoms with E-state index >= 15 is 0 Å². The molecular weight excluding hydrogens is 412 g/mol. The van der Waals surface area contributed by atoms with E-state index in [0.717, 1.165) is 39.0 Å². The molecule has 2 aromatic carbocycles. The van der Waals surface area contributed by atoms with Crippen molar-refractivity contribution in [2.45, 2.75) is 12.8 Å². The first kappa shape index (κ1) is 19.3. The van der Waals surface area contributed by atoms with Gasteiger partial charge in [-0.3, -0.25) is 9.48 Å². The number of ether oxygens (including phenoxy) is 2. The summed E-state index contributed by atoms with van der Waals surface area (Å²) in [6, 6.07) is 17.6. The molecule has 31 heavy (non-hydrogen) atoms. The molecule has 5 rings (SSSR count). The van der Waals surface area contributed by atoms with Crippen LogP contribution in [0, 0.1) is 0 Å². The van der Waals surface area contributed by atoms with Crippen LogP contribution in [0.2, 0.25) is 0 Å². The molecule has 7 nitrogen and oxygen atoms in total. The third-order valence-corrected chi connectivity index (χ3v) is 5.89. The fraction of sp³-hybridized carbons (Fsp3) is 0.174. The van der Waals surface area contributed by atoms with Gasteiger partial charge in [-0.1, -0.05) is 30.3 Å². The quantitative estimate of drug-likeness (QED) is 0.485. The summed E-state index contributed by atoms with van der Waals surface area (Å²) in [6.07, 6.45) is 1.11. The van der Waals surface area contributed by atoms with E-state index in [0.29, 0.717) is 18.7 Å². The third kappa shape index (κ3) is 4.15. The van der Waals surface area contributed by atoms with Crippen molar-refractivity contribution in [3.8, 4) is 33.5 Å². The number of thiazole rings is 1. The Morgan fingerprint density at radius 2 is 1.94 bits per heavy atom. The highest BCUT2D eigenvalue weighted by Crippen LogP contribution is 2.37. The molecule has 1 aliphatic heterocycles. The third-order valence-electron chi connectivity index (χ3n) is 5.02. The van der Waals surface area contributed by atoms with Crippen molar-refractivity contribution in [1.29, 1.82) is 0 Å². The van der Waals surface area contributed by atoms with Crippen LogP contribution in [-0.4, -0.2) is 27.5 Å². The van der Waals surface area contributed by atoms with Gasteiger partial charge < -0.3 is 14.8 Å². The number of aryl methyl sites for hydroxylation is 2. The van der Waals surface area contributed by atoms with Crippen LogP contribution in [0.15, 0.2) is 60.0 Å². The molecule has 0 spiro atoms. The summed E-state index contributed by atoms with van der Waals surface area (Å²) >= 11 is 1.51. The van der Waals surface area contributed by atoms with E-state index in [9.17, 15) is 4.79 Å². The lowest BCUT2D eigenvalue weighted by Crippen LogP contribution is -2.14. The van der Waals surface area contributed by atoms with Crippen LogP contribution in [0.4, 0.5) is 5.82 Å². The fourth-order valence-corrected chi connectivity index (χ4v) is 4.16. The molecule has 4 aromatic rings. The number of rotatable bonds is 6. The van der Waals surface area contributed by atoms with Gasteiger partial charge in [0, 0.05) is 30.5 Å². The molecule has 0 atom stereocenters. The largest absolute Gasteiger partial charge is 0.454 e. The second-order valence-corrected chi connectivity index (χ2v) is 8.04. The van der Waals surface area contributed by atoms with Crippen LogP contribution in [0.5, 0.6) is 11.5 Å². The number of hydrogen-bond donors (Lipinski definition) is 1. The average Bonchev–Trinajstić information content (AvgIpc) is 3.52. The van der Waals surface area contributed by atoms with E-state index < -0.39 is 0 Å². The maximum Gasteiger partial charge on any atom is 0.231 e. The number of carbonyl (C=O) groups excluding carboxylic acids is 1. The Morgan fingerprint density at radius 1 is 1.10 bits per heavy atom. The van der Waals surface area contributed by atoms with Crippen molar-refractivity contribution in [2.24, 2.45) is 7.05 Å². The zero-order chi connectivity index (χ0) is 21.2. The zero-order valence-electron chi connectivity index (χ0n) is 16.9. The van der Waals surface area contributed by atoms with Gasteiger partial charge in [-0.15, -0.1) is 11.3 Å². The second-order valence-electron chi connectivity index (χ2n) is 7.18. The maximum atomic E-state index is 12.4. The zero-order valence-corrected chi connectivity index (χ0v) is 17.7. The van der Waals surface area contributed by atoms with Crippen molar-refractivity contribution >= 4 is 23.1 Å². The average molecular weight is 433 g/mol. The van der Waals surface area contributed by atoms with E-state index in [-0.39, 0.29) is 12.7 Å². The van der Waals surface area contributed by atoms with Crippen molar-refractivity contribution in [1.82, 2.24) is 14.8 Å². The number of anilines is 1. The molecule has 2 aromatic heterocycles. The van der Waals surface area contributed by atoms with Crippen molar-refractivity contribution < 1.29 is 14.3 Å². The number of amides is 1. The smallest absolute Gasteiger partial charge is 0.231 e. The van der Waals surface area contributed by atoms with Crippen LogP contribution in [0.1, 0.15) is 12.0 Å². The summed E-state index contributed by atoms with van der Waals surface area (Å²) in [5.41, 5.74) is 3.66. The van der Waals surface area contributed by atoms with E-state index in [1.165, 1.54) is 11.3 Å².